The van der Waals surface area contributed by atoms with Crippen LogP contribution in [-0.2, 0) is 12.8 Å². The van der Waals surface area contributed by atoms with E-state index >= 15 is 0 Å². The van der Waals surface area contributed by atoms with Crippen LogP contribution in [-0.4, -0.2) is 33.0 Å². The lowest BCUT2D eigenvalue weighted by molar-refractivity contribution is 0.0693. The second-order valence-electron chi connectivity index (χ2n) is 3.85. The Kier molecular flexibility index (Phi) is 4.06. The first-order chi connectivity index (χ1) is 9.11. The molecule has 0 aliphatic heterocycles. The topological polar surface area (TPSA) is 77.2 Å². The molecule has 0 radical (unpaired) electrons. The Balaban J connectivity index is 2.13. The summed E-state index contributed by atoms with van der Waals surface area (Å²) >= 11 is 1.53. The average molecular weight is 279 g/mol. The molecule has 2 rings (SSSR count). The molecular weight excluding hydrogens is 266 g/mol. The zero-order valence-electron chi connectivity index (χ0n) is 10.5. The molecule has 0 fully saturated rings. The molecule has 1 heterocycles. The van der Waals surface area contributed by atoms with E-state index in [9.17, 15) is 4.79 Å². The summed E-state index contributed by atoms with van der Waals surface area (Å²) in [6, 6.07) is 5.05. The van der Waals surface area contributed by atoms with Crippen molar-refractivity contribution in [2.45, 2.75) is 10.9 Å². The van der Waals surface area contributed by atoms with Crippen molar-refractivity contribution in [3.05, 3.63) is 35.7 Å². The number of benzene rings is 1. The number of aromatic nitrogens is 3. The Labute approximate surface area is 114 Å². The van der Waals surface area contributed by atoms with Crippen LogP contribution in [0.3, 0.4) is 0 Å². The minimum atomic E-state index is -0.996. The summed E-state index contributed by atoms with van der Waals surface area (Å²) in [7, 11) is 3.33. The summed E-state index contributed by atoms with van der Waals surface area (Å²) in [5.41, 5.74) is 1.13. The molecule has 6 nitrogen and oxygen atoms in total. The third-order valence-corrected chi connectivity index (χ3v) is 3.64. The highest BCUT2D eigenvalue weighted by molar-refractivity contribution is 7.98. The lowest BCUT2D eigenvalue weighted by Crippen LogP contribution is -2.01. The highest BCUT2D eigenvalue weighted by atomic mass is 32.2. The fourth-order valence-electron chi connectivity index (χ4n) is 1.55. The van der Waals surface area contributed by atoms with Crippen LogP contribution in [0.25, 0.3) is 0 Å². The molecule has 7 heteroatoms. The van der Waals surface area contributed by atoms with Crippen LogP contribution >= 0.6 is 11.8 Å². The minimum Gasteiger partial charge on any atom is -0.496 e. The predicted octanol–water partition coefficient (Wildman–Crippen LogP) is 1.81. The second kappa shape index (κ2) is 5.75. The fraction of sp³-hybridized carbons (Fsp3) is 0.250. The number of carbonyl (C=O) groups is 1. The van der Waals surface area contributed by atoms with Crippen molar-refractivity contribution in [2.75, 3.05) is 7.11 Å². The van der Waals surface area contributed by atoms with Gasteiger partial charge in [0.25, 0.3) is 0 Å². The van der Waals surface area contributed by atoms with Crippen molar-refractivity contribution in [1.29, 1.82) is 0 Å². The average Bonchev–Trinajstić information content (AvgIpc) is 2.81. The van der Waals surface area contributed by atoms with Gasteiger partial charge in [0.1, 0.15) is 17.6 Å². The summed E-state index contributed by atoms with van der Waals surface area (Å²) in [6.45, 7) is 0. The normalized spacial score (nSPS) is 10.4. The number of aryl methyl sites for hydroxylation is 1. The van der Waals surface area contributed by atoms with Gasteiger partial charge in [0.2, 0.25) is 0 Å². The SMILES string of the molecule is COc1cc(CSc2nncn2C)ccc1C(=O)O. The number of methoxy groups -OCH3 is 1. The molecule has 0 amide bonds. The monoisotopic (exact) mass is 279 g/mol. The number of carboxylic acids is 1. The maximum Gasteiger partial charge on any atom is 0.339 e. The highest BCUT2D eigenvalue weighted by Crippen LogP contribution is 2.25. The molecule has 0 unspecified atom stereocenters. The molecule has 0 aliphatic carbocycles. The van der Waals surface area contributed by atoms with Crippen molar-refractivity contribution in [3.63, 3.8) is 0 Å². The van der Waals surface area contributed by atoms with E-state index in [2.05, 4.69) is 10.2 Å². The Morgan fingerprint density at radius 3 is 2.89 bits per heavy atom. The molecule has 2 aromatic rings. The molecular formula is C12H13N3O3S. The summed E-state index contributed by atoms with van der Waals surface area (Å²) in [6.07, 6.45) is 1.64. The van der Waals surface area contributed by atoms with E-state index in [0.717, 1.165) is 10.7 Å². The molecule has 19 heavy (non-hydrogen) atoms. The molecule has 1 N–H and O–H groups in total. The van der Waals surface area contributed by atoms with Crippen molar-refractivity contribution >= 4 is 17.7 Å². The molecule has 0 bridgehead atoms. The van der Waals surface area contributed by atoms with Gasteiger partial charge in [-0.2, -0.15) is 0 Å². The van der Waals surface area contributed by atoms with E-state index in [-0.39, 0.29) is 5.56 Å². The van der Waals surface area contributed by atoms with E-state index in [1.54, 1.807) is 24.5 Å². The van der Waals surface area contributed by atoms with Gasteiger partial charge >= 0.3 is 5.97 Å². The van der Waals surface area contributed by atoms with Crippen molar-refractivity contribution in [2.24, 2.45) is 7.05 Å². The molecule has 0 saturated carbocycles. The molecule has 1 aromatic carbocycles. The van der Waals surface area contributed by atoms with E-state index in [1.165, 1.54) is 18.9 Å². The maximum absolute atomic E-state index is 11.0. The Hall–Kier alpha value is -2.02. The van der Waals surface area contributed by atoms with Crippen LogP contribution in [0.1, 0.15) is 15.9 Å². The Morgan fingerprint density at radius 2 is 2.32 bits per heavy atom. The minimum absolute atomic E-state index is 0.162. The zero-order valence-corrected chi connectivity index (χ0v) is 11.3. The van der Waals surface area contributed by atoms with E-state index in [1.807, 2.05) is 11.6 Å². The van der Waals surface area contributed by atoms with Crippen molar-refractivity contribution in [3.8, 4) is 5.75 Å². The quantitative estimate of drug-likeness (QED) is 0.841. The molecule has 0 saturated heterocycles. The Morgan fingerprint density at radius 1 is 1.53 bits per heavy atom. The number of thioether (sulfide) groups is 1. The van der Waals surface area contributed by atoms with Gasteiger partial charge in [-0.05, 0) is 17.7 Å². The zero-order chi connectivity index (χ0) is 13.8. The first-order valence-electron chi connectivity index (χ1n) is 5.49. The predicted molar refractivity (Wildman–Crippen MR) is 70.5 cm³/mol. The molecule has 0 spiro atoms. The van der Waals surface area contributed by atoms with Crippen LogP contribution in [0.4, 0.5) is 0 Å². The summed E-state index contributed by atoms with van der Waals surface area (Å²) < 4.78 is 6.91. The van der Waals surface area contributed by atoms with Gasteiger partial charge in [0, 0.05) is 12.8 Å². The standard InChI is InChI=1S/C12H13N3O3S/c1-15-7-13-14-12(15)19-6-8-3-4-9(11(16)17)10(5-8)18-2/h3-5,7H,6H2,1-2H3,(H,16,17). The maximum atomic E-state index is 11.0. The molecule has 1 aromatic heterocycles. The van der Waals surface area contributed by atoms with Crippen LogP contribution in [0.2, 0.25) is 0 Å². The number of rotatable bonds is 5. The van der Waals surface area contributed by atoms with Gasteiger partial charge in [0.15, 0.2) is 5.16 Å². The van der Waals surface area contributed by atoms with Gasteiger partial charge in [-0.15, -0.1) is 10.2 Å². The molecule has 0 aliphatic rings. The van der Waals surface area contributed by atoms with E-state index in [0.29, 0.717) is 11.5 Å². The highest BCUT2D eigenvalue weighted by Gasteiger charge is 2.11. The van der Waals surface area contributed by atoms with Crippen LogP contribution in [0.15, 0.2) is 29.7 Å². The number of nitrogens with zero attached hydrogens (tertiary/aromatic N) is 3. The van der Waals surface area contributed by atoms with Crippen molar-refractivity contribution < 1.29 is 14.6 Å². The fourth-order valence-corrected chi connectivity index (χ4v) is 2.38. The first kappa shape index (κ1) is 13.4. The van der Waals surface area contributed by atoms with Gasteiger partial charge in [-0.3, -0.25) is 0 Å². The van der Waals surface area contributed by atoms with Gasteiger partial charge in [-0.1, -0.05) is 17.8 Å². The lowest BCUT2D eigenvalue weighted by Gasteiger charge is -2.07. The number of ether oxygens (including phenoxy) is 1. The van der Waals surface area contributed by atoms with Crippen LogP contribution in [0, 0.1) is 0 Å². The summed E-state index contributed by atoms with van der Waals surface area (Å²) in [5.74, 6) is 0.0379. The summed E-state index contributed by atoms with van der Waals surface area (Å²) in [5, 5.41) is 17.6. The van der Waals surface area contributed by atoms with Crippen LogP contribution in [0.5, 0.6) is 5.75 Å². The van der Waals surface area contributed by atoms with Crippen LogP contribution < -0.4 is 4.74 Å². The smallest absolute Gasteiger partial charge is 0.339 e. The number of hydrogen-bond donors (Lipinski definition) is 1. The number of aromatic carboxylic acids is 1. The molecule has 100 valence electrons. The number of hydrogen-bond acceptors (Lipinski definition) is 5. The third-order valence-electron chi connectivity index (χ3n) is 2.53. The number of carboxylic acid groups (broad SMARTS) is 1. The van der Waals surface area contributed by atoms with Gasteiger partial charge < -0.3 is 14.4 Å². The first-order valence-corrected chi connectivity index (χ1v) is 6.47. The van der Waals surface area contributed by atoms with Gasteiger partial charge in [-0.25, -0.2) is 4.79 Å². The largest absolute Gasteiger partial charge is 0.496 e. The molecule has 0 atom stereocenters. The van der Waals surface area contributed by atoms with Gasteiger partial charge in [0.05, 0.1) is 7.11 Å². The Bertz CT molecular complexity index is 598. The van der Waals surface area contributed by atoms with E-state index < -0.39 is 5.97 Å². The van der Waals surface area contributed by atoms with Crippen molar-refractivity contribution in [1.82, 2.24) is 14.8 Å². The lowest BCUT2D eigenvalue weighted by atomic mass is 10.1. The van der Waals surface area contributed by atoms with E-state index in [4.69, 9.17) is 9.84 Å². The third kappa shape index (κ3) is 3.05. The second-order valence-corrected chi connectivity index (χ2v) is 4.80. The summed E-state index contributed by atoms with van der Waals surface area (Å²) in [4.78, 5) is 11.0.